The van der Waals surface area contributed by atoms with Crippen LogP contribution < -0.4 is 4.74 Å². The maximum atomic E-state index is 13.4. The summed E-state index contributed by atoms with van der Waals surface area (Å²) < 4.78 is 21.9. The lowest BCUT2D eigenvalue weighted by Gasteiger charge is -2.36. The summed E-state index contributed by atoms with van der Waals surface area (Å²) in [6.45, 7) is 5.10. The minimum absolute atomic E-state index is 0.109. The predicted molar refractivity (Wildman–Crippen MR) is 102 cm³/mol. The Morgan fingerprint density at radius 3 is 2.32 bits per heavy atom. The molecule has 1 aromatic rings. The van der Waals surface area contributed by atoms with Crippen molar-refractivity contribution in [2.45, 2.75) is 39.1 Å². The molecule has 1 aliphatic rings. The highest BCUT2D eigenvalue weighted by Gasteiger charge is 2.45. The number of aromatic hydroxyl groups is 1. The Morgan fingerprint density at radius 2 is 1.82 bits per heavy atom. The highest BCUT2D eigenvalue weighted by molar-refractivity contribution is 6.14. The first-order valence-electron chi connectivity index (χ1n) is 8.79. The quantitative estimate of drug-likeness (QED) is 0.434. The van der Waals surface area contributed by atoms with Crippen molar-refractivity contribution in [2.75, 3.05) is 21.3 Å². The SMILES string of the molecule is COc1ccc(O)c2c1C(=O)C(C(CC=C(C)C)OC(C)=O)=CC2(OC)OC. The van der Waals surface area contributed by atoms with Gasteiger partial charge in [0.2, 0.25) is 5.79 Å². The van der Waals surface area contributed by atoms with E-state index < -0.39 is 23.6 Å². The fraction of sp³-hybridized carbons (Fsp3) is 0.429. The number of carbonyl (C=O) groups excluding carboxylic acids is 2. The van der Waals surface area contributed by atoms with Gasteiger partial charge in [0.05, 0.1) is 18.2 Å². The number of esters is 1. The number of phenolic OH excluding ortho intramolecular Hbond substituents is 1. The van der Waals surface area contributed by atoms with E-state index in [1.807, 2.05) is 19.9 Å². The molecule has 0 amide bonds. The molecular weight excluding hydrogens is 364 g/mol. The van der Waals surface area contributed by atoms with E-state index in [2.05, 4.69) is 0 Å². The van der Waals surface area contributed by atoms with Crippen molar-refractivity contribution in [1.82, 2.24) is 0 Å². The third kappa shape index (κ3) is 3.95. The molecule has 152 valence electrons. The first-order chi connectivity index (χ1) is 13.2. The zero-order chi connectivity index (χ0) is 21.1. The molecule has 0 bridgehead atoms. The van der Waals surface area contributed by atoms with E-state index >= 15 is 0 Å². The molecule has 7 heteroatoms. The minimum atomic E-state index is -1.54. The number of carbonyl (C=O) groups is 2. The number of hydrogen-bond donors (Lipinski definition) is 1. The van der Waals surface area contributed by atoms with Crippen molar-refractivity contribution in [1.29, 1.82) is 0 Å². The molecule has 7 nitrogen and oxygen atoms in total. The zero-order valence-corrected chi connectivity index (χ0v) is 17.0. The normalized spacial score (nSPS) is 15.9. The van der Waals surface area contributed by atoms with Crippen LogP contribution in [0, 0.1) is 0 Å². The van der Waals surface area contributed by atoms with E-state index in [4.69, 9.17) is 18.9 Å². The summed E-state index contributed by atoms with van der Waals surface area (Å²) in [5.41, 5.74) is 1.46. The van der Waals surface area contributed by atoms with E-state index in [1.54, 1.807) is 0 Å². The zero-order valence-electron chi connectivity index (χ0n) is 17.0. The highest BCUT2D eigenvalue weighted by Crippen LogP contribution is 2.46. The van der Waals surface area contributed by atoms with Gasteiger partial charge in [-0.2, -0.15) is 0 Å². The molecule has 1 unspecified atom stereocenters. The average Bonchev–Trinajstić information content (AvgIpc) is 2.66. The highest BCUT2D eigenvalue weighted by atomic mass is 16.7. The standard InChI is InChI=1S/C21H26O7/c1-12(2)7-9-16(28-13(3)22)14-11-21(26-5,27-6)19-15(23)8-10-17(25-4)18(19)20(14)24/h7-8,10-11,16,23H,9H2,1-6H3. The molecule has 28 heavy (non-hydrogen) atoms. The molecule has 0 spiro atoms. The maximum absolute atomic E-state index is 13.4. The number of rotatable bonds is 7. The predicted octanol–water partition coefficient (Wildman–Crippen LogP) is 3.26. The molecule has 1 N–H and O–H groups in total. The third-order valence-corrected chi connectivity index (χ3v) is 4.55. The minimum Gasteiger partial charge on any atom is -0.507 e. The van der Waals surface area contributed by atoms with Crippen molar-refractivity contribution in [3.8, 4) is 11.5 Å². The van der Waals surface area contributed by atoms with Crippen LogP contribution in [0.3, 0.4) is 0 Å². The molecule has 0 heterocycles. The maximum Gasteiger partial charge on any atom is 0.303 e. The van der Waals surface area contributed by atoms with Crippen molar-refractivity contribution in [2.24, 2.45) is 0 Å². The second kappa shape index (κ2) is 8.58. The van der Waals surface area contributed by atoms with Gasteiger partial charge in [0, 0.05) is 33.1 Å². The van der Waals surface area contributed by atoms with Crippen LogP contribution >= 0.6 is 0 Å². The number of allylic oxidation sites excluding steroid dienone is 1. The summed E-state index contributed by atoms with van der Waals surface area (Å²) in [5.74, 6) is -2.40. The Morgan fingerprint density at radius 1 is 1.18 bits per heavy atom. The molecule has 2 rings (SSSR count). The van der Waals surface area contributed by atoms with Crippen LogP contribution in [-0.4, -0.2) is 44.3 Å². The van der Waals surface area contributed by atoms with Crippen LogP contribution in [0.2, 0.25) is 0 Å². The summed E-state index contributed by atoms with van der Waals surface area (Å²) >= 11 is 0. The van der Waals surface area contributed by atoms with Crippen LogP contribution in [0.25, 0.3) is 0 Å². The molecule has 1 aromatic carbocycles. The number of Topliss-reactive ketones (excluding diaryl/α,β-unsaturated/α-hetero) is 1. The van der Waals surface area contributed by atoms with Gasteiger partial charge in [-0.1, -0.05) is 11.6 Å². The molecule has 1 atom stereocenters. The average molecular weight is 390 g/mol. The van der Waals surface area contributed by atoms with Crippen molar-refractivity contribution < 1.29 is 33.6 Å². The van der Waals surface area contributed by atoms with Gasteiger partial charge in [0.15, 0.2) is 5.78 Å². The molecule has 0 fully saturated rings. The molecule has 0 radical (unpaired) electrons. The van der Waals surface area contributed by atoms with Crippen LogP contribution in [0.1, 0.15) is 43.1 Å². The molecular formula is C21H26O7. The van der Waals surface area contributed by atoms with E-state index in [0.717, 1.165) is 5.57 Å². The smallest absolute Gasteiger partial charge is 0.303 e. The summed E-state index contributed by atoms with van der Waals surface area (Å²) in [5, 5.41) is 10.4. The Balaban J connectivity index is 2.74. The Hall–Kier alpha value is -2.64. The van der Waals surface area contributed by atoms with Crippen molar-refractivity contribution in [3.05, 3.63) is 46.6 Å². The monoisotopic (exact) mass is 390 g/mol. The molecule has 0 aliphatic heterocycles. The van der Waals surface area contributed by atoms with Crippen LogP contribution in [0.4, 0.5) is 0 Å². The second-order valence-electron chi connectivity index (χ2n) is 6.66. The number of hydrogen-bond acceptors (Lipinski definition) is 7. The number of ether oxygens (including phenoxy) is 4. The third-order valence-electron chi connectivity index (χ3n) is 4.55. The van der Waals surface area contributed by atoms with Gasteiger partial charge in [-0.15, -0.1) is 0 Å². The molecule has 1 aliphatic carbocycles. The van der Waals surface area contributed by atoms with Crippen LogP contribution in [0.15, 0.2) is 35.4 Å². The van der Waals surface area contributed by atoms with Crippen molar-refractivity contribution >= 4 is 11.8 Å². The van der Waals surface area contributed by atoms with Crippen LogP contribution in [-0.2, 0) is 24.8 Å². The lowest BCUT2D eigenvalue weighted by Crippen LogP contribution is -2.38. The van der Waals surface area contributed by atoms with Gasteiger partial charge in [0.1, 0.15) is 17.6 Å². The number of ketones is 1. The summed E-state index contributed by atoms with van der Waals surface area (Å²) in [6, 6.07) is 2.89. The Labute approximate surface area is 164 Å². The first kappa shape index (κ1) is 21.7. The van der Waals surface area contributed by atoms with Gasteiger partial charge in [-0.05, 0) is 32.1 Å². The topological polar surface area (TPSA) is 91.3 Å². The Kier molecular flexibility index (Phi) is 6.64. The molecule has 0 saturated heterocycles. The largest absolute Gasteiger partial charge is 0.507 e. The number of fused-ring (bicyclic) bond motifs is 1. The van der Waals surface area contributed by atoms with Gasteiger partial charge in [0.25, 0.3) is 0 Å². The number of benzene rings is 1. The lowest BCUT2D eigenvalue weighted by atomic mass is 9.82. The van der Waals surface area contributed by atoms with Gasteiger partial charge in [-0.25, -0.2) is 0 Å². The molecule has 0 aromatic heterocycles. The van der Waals surface area contributed by atoms with Gasteiger partial charge in [-0.3, -0.25) is 9.59 Å². The second-order valence-corrected chi connectivity index (χ2v) is 6.66. The first-order valence-corrected chi connectivity index (χ1v) is 8.79. The Bertz CT molecular complexity index is 827. The van der Waals surface area contributed by atoms with E-state index in [9.17, 15) is 14.7 Å². The number of phenols is 1. The summed E-state index contributed by atoms with van der Waals surface area (Å²) in [6.07, 6.45) is 2.78. The summed E-state index contributed by atoms with van der Waals surface area (Å²) in [7, 11) is 4.21. The van der Waals surface area contributed by atoms with Crippen molar-refractivity contribution in [3.63, 3.8) is 0 Å². The summed E-state index contributed by atoms with van der Waals surface area (Å²) in [4.78, 5) is 25.0. The van der Waals surface area contributed by atoms with E-state index in [0.29, 0.717) is 6.42 Å². The van der Waals surface area contributed by atoms with Crippen LogP contribution in [0.5, 0.6) is 11.5 Å². The van der Waals surface area contributed by atoms with Gasteiger partial charge >= 0.3 is 5.97 Å². The number of methoxy groups -OCH3 is 3. The van der Waals surface area contributed by atoms with E-state index in [-0.39, 0.29) is 28.2 Å². The molecule has 0 saturated carbocycles. The fourth-order valence-electron chi connectivity index (χ4n) is 3.23. The van der Waals surface area contributed by atoms with Gasteiger partial charge < -0.3 is 24.1 Å². The van der Waals surface area contributed by atoms with E-state index in [1.165, 1.54) is 46.5 Å². The fourth-order valence-corrected chi connectivity index (χ4v) is 3.23. The lowest BCUT2D eigenvalue weighted by molar-refractivity contribution is -0.180.